The van der Waals surface area contributed by atoms with Crippen LogP contribution in [0.15, 0.2) is 18.7 Å². The van der Waals surface area contributed by atoms with E-state index in [1.54, 1.807) is 12.4 Å². The summed E-state index contributed by atoms with van der Waals surface area (Å²) >= 11 is 0. The van der Waals surface area contributed by atoms with Gasteiger partial charge in [0.15, 0.2) is 0 Å². The van der Waals surface area contributed by atoms with Crippen molar-refractivity contribution in [3.05, 3.63) is 18.7 Å². The van der Waals surface area contributed by atoms with Crippen molar-refractivity contribution in [1.29, 1.82) is 0 Å². The van der Waals surface area contributed by atoms with E-state index in [2.05, 4.69) is 4.98 Å². The lowest BCUT2D eigenvalue weighted by molar-refractivity contribution is 0.0842. The zero-order valence-electron chi connectivity index (χ0n) is 6.82. The number of hydrogen-bond donors (Lipinski definition) is 0. The summed E-state index contributed by atoms with van der Waals surface area (Å²) < 4.78 is 1.52. The van der Waals surface area contributed by atoms with Crippen LogP contribution >= 0.6 is 0 Å². The molecule has 0 aliphatic carbocycles. The number of hydrogen-bond acceptors (Lipinski definition) is 2. The van der Waals surface area contributed by atoms with Crippen molar-refractivity contribution in [2.45, 2.75) is 20.3 Å². The fourth-order valence-electron chi connectivity index (χ4n) is 0.819. The molecular formula is C8H12N2O. The van der Waals surface area contributed by atoms with Crippen molar-refractivity contribution in [3.8, 4) is 0 Å². The van der Waals surface area contributed by atoms with Crippen LogP contribution in [0, 0.1) is 5.92 Å². The molecule has 1 atom stereocenters. The topological polar surface area (TPSA) is 34.9 Å². The Kier molecular flexibility index (Phi) is 2.41. The predicted octanol–water partition coefficient (Wildman–Crippen LogP) is 1.57. The second-order valence-corrected chi connectivity index (χ2v) is 2.62. The molecule has 0 fully saturated rings. The van der Waals surface area contributed by atoms with Gasteiger partial charge in [-0.15, -0.1) is 0 Å². The molecule has 3 nitrogen and oxygen atoms in total. The van der Waals surface area contributed by atoms with Crippen molar-refractivity contribution in [3.63, 3.8) is 0 Å². The molecule has 11 heavy (non-hydrogen) atoms. The van der Waals surface area contributed by atoms with Crippen molar-refractivity contribution in [2.75, 3.05) is 0 Å². The van der Waals surface area contributed by atoms with E-state index in [1.165, 1.54) is 10.9 Å². The fourth-order valence-corrected chi connectivity index (χ4v) is 0.819. The Morgan fingerprint density at radius 1 is 1.73 bits per heavy atom. The molecular weight excluding hydrogens is 140 g/mol. The van der Waals surface area contributed by atoms with Crippen LogP contribution in [0.1, 0.15) is 25.1 Å². The molecule has 0 aliphatic heterocycles. The number of carbonyl (C=O) groups is 1. The average molecular weight is 152 g/mol. The second-order valence-electron chi connectivity index (χ2n) is 2.62. The Labute approximate surface area is 66.1 Å². The van der Waals surface area contributed by atoms with Gasteiger partial charge in [0, 0.05) is 18.3 Å². The minimum atomic E-state index is 0.0872. The van der Waals surface area contributed by atoms with E-state index in [-0.39, 0.29) is 11.8 Å². The Morgan fingerprint density at radius 2 is 2.45 bits per heavy atom. The SMILES string of the molecule is CC[C@H](C)C(=O)n1ccnc1. The molecule has 1 heterocycles. The maximum absolute atomic E-state index is 11.4. The number of carbonyl (C=O) groups excluding carboxylic acids is 1. The molecule has 0 radical (unpaired) electrons. The van der Waals surface area contributed by atoms with Gasteiger partial charge in [0.25, 0.3) is 0 Å². The summed E-state index contributed by atoms with van der Waals surface area (Å²) in [5, 5.41) is 0. The highest BCUT2D eigenvalue weighted by Crippen LogP contribution is 2.04. The molecule has 0 aliphatic rings. The van der Waals surface area contributed by atoms with Crippen LogP contribution in [-0.4, -0.2) is 15.5 Å². The average Bonchev–Trinajstić information content (AvgIpc) is 2.53. The molecule has 0 N–H and O–H groups in total. The third kappa shape index (κ3) is 1.67. The lowest BCUT2D eigenvalue weighted by Crippen LogP contribution is -2.16. The molecule has 1 rings (SSSR count). The first kappa shape index (κ1) is 7.98. The minimum absolute atomic E-state index is 0.0872. The minimum Gasteiger partial charge on any atom is -0.276 e. The quantitative estimate of drug-likeness (QED) is 0.644. The van der Waals surface area contributed by atoms with Crippen molar-refractivity contribution in [1.82, 2.24) is 9.55 Å². The van der Waals surface area contributed by atoms with E-state index in [4.69, 9.17) is 0 Å². The molecule has 60 valence electrons. The summed E-state index contributed by atoms with van der Waals surface area (Å²) in [7, 11) is 0. The van der Waals surface area contributed by atoms with Crippen molar-refractivity contribution >= 4 is 5.91 Å². The number of rotatable bonds is 2. The van der Waals surface area contributed by atoms with Gasteiger partial charge in [0.1, 0.15) is 6.33 Å². The second kappa shape index (κ2) is 3.32. The smallest absolute Gasteiger partial charge is 0.234 e. The van der Waals surface area contributed by atoms with Gasteiger partial charge in [-0.25, -0.2) is 4.98 Å². The molecule has 0 aromatic carbocycles. The summed E-state index contributed by atoms with van der Waals surface area (Å²) in [4.78, 5) is 15.2. The Bertz CT molecular complexity index is 228. The number of aromatic nitrogens is 2. The van der Waals surface area contributed by atoms with E-state index >= 15 is 0 Å². The first-order chi connectivity index (χ1) is 5.25. The molecule has 3 heteroatoms. The Hall–Kier alpha value is -1.12. The van der Waals surface area contributed by atoms with Gasteiger partial charge in [0.05, 0.1) is 0 Å². The van der Waals surface area contributed by atoms with Gasteiger partial charge in [-0.05, 0) is 6.42 Å². The zero-order valence-corrected chi connectivity index (χ0v) is 6.82. The van der Waals surface area contributed by atoms with Gasteiger partial charge in [-0.2, -0.15) is 0 Å². The maximum atomic E-state index is 11.4. The first-order valence-corrected chi connectivity index (χ1v) is 3.78. The molecule has 1 aromatic heterocycles. The zero-order chi connectivity index (χ0) is 8.27. The van der Waals surface area contributed by atoms with Crippen molar-refractivity contribution < 1.29 is 4.79 Å². The van der Waals surface area contributed by atoms with Crippen LogP contribution in [0.5, 0.6) is 0 Å². The van der Waals surface area contributed by atoms with Gasteiger partial charge < -0.3 is 0 Å². The molecule has 0 saturated heterocycles. The van der Waals surface area contributed by atoms with Crippen LogP contribution in [0.3, 0.4) is 0 Å². The third-order valence-electron chi connectivity index (χ3n) is 1.79. The van der Waals surface area contributed by atoms with Gasteiger partial charge in [-0.1, -0.05) is 13.8 Å². The molecule has 0 bridgehead atoms. The molecule has 1 aromatic rings. The van der Waals surface area contributed by atoms with Gasteiger partial charge in [-0.3, -0.25) is 9.36 Å². The van der Waals surface area contributed by atoms with E-state index < -0.39 is 0 Å². The van der Waals surface area contributed by atoms with E-state index in [1.807, 2.05) is 13.8 Å². The van der Waals surface area contributed by atoms with Crippen LogP contribution < -0.4 is 0 Å². The highest BCUT2D eigenvalue weighted by Gasteiger charge is 2.10. The van der Waals surface area contributed by atoms with E-state index in [0.29, 0.717) is 0 Å². The number of nitrogens with zero attached hydrogens (tertiary/aromatic N) is 2. The Morgan fingerprint density at radius 3 is 2.91 bits per heavy atom. The molecule has 0 amide bonds. The summed E-state index contributed by atoms with van der Waals surface area (Å²) in [5.74, 6) is 0.203. The largest absolute Gasteiger partial charge is 0.276 e. The fraction of sp³-hybridized carbons (Fsp3) is 0.500. The van der Waals surface area contributed by atoms with Gasteiger partial charge in [0.2, 0.25) is 5.91 Å². The maximum Gasteiger partial charge on any atom is 0.234 e. The molecule has 0 unspecified atom stereocenters. The van der Waals surface area contributed by atoms with Crippen LogP contribution in [-0.2, 0) is 0 Å². The Balaban J connectivity index is 2.70. The summed E-state index contributed by atoms with van der Waals surface area (Å²) in [6.07, 6.45) is 5.69. The predicted molar refractivity (Wildman–Crippen MR) is 42.3 cm³/mol. The monoisotopic (exact) mass is 152 g/mol. The van der Waals surface area contributed by atoms with Crippen LogP contribution in [0.2, 0.25) is 0 Å². The van der Waals surface area contributed by atoms with Crippen LogP contribution in [0.25, 0.3) is 0 Å². The molecule has 0 saturated carbocycles. The highest BCUT2D eigenvalue weighted by molar-refractivity contribution is 5.80. The summed E-state index contributed by atoms with van der Waals surface area (Å²) in [5.41, 5.74) is 0. The van der Waals surface area contributed by atoms with Gasteiger partial charge >= 0.3 is 0 Å². The lowest BCUT2D eigenvalue weighted by Gasteiger charge is -2.05. The standard InChI is InChI=1S/C8H12N2O/c1-3-7(2)8(11)10-5-4-9-6-10/h4-7H,3H2,1-2H3/t7-/m0/s1. The lowest BCUT2D eigenvalue weighted by atomic mass is 10.1. The van der Waals surface area contributed by atoms with Crippen LogP contribution in [0.4, 0.5) is 0 Å². The third-order valence-corrected chi connectivity index (χ3v) is 1.79. The normalized spacial score (nSPS) is 12.9. The summed E-state index contributed by atoms with van der Waals surface area (Å²) in [6.45, 7) is 3.92. The van der Waals surface area contributed by atoms with E-state index in [9.17, 15) is 4.79 Å². The highest BCUT2D eigenvalue weighted by atomic mass is 16.2. The number of imidazole rings is 1. The van der Waals surface area contributed by atoms with E-state index in [0.717, 1.165) is 6.42 Å². The van der Waals surface area contributed by atoms with Crippen molar-refractivity contribution in [2.24, 2.45) is 5.92 Å². The molecule has 0 spiro atoms. The summed E-state index contributed by atoms with van der Waals surface area (Å²) in [6, 6.07) is 0. The first-order valence-electron chi connectivity index (χ1n) is 3.78.